The molecule has 10 aromatic rings. The van der Waals surface area contributed by atoms with Gasteiger partial charge in [-0.2, -0.15) is 0 Å². The molecule has 0 spiro atoms. The minimum absolute atomic E-state index is 0.694. The van der Waals surface area contributed by atoms with E-state index in [1.165, 1.54) is 27.8 Å². The van der Waals surface area contributed by atoms with Crippen LogP contribution < -0.4 is 0 Å². The van der Waals surface area contributed by atoms with E-state index in [0.29, 0.717) is 5.82 Å². The molecule has 0 amide bonds. The second-order valence-corrected chi connectivity index (χ2v) is 13.8. The number of hydrogen-bond donors (Lipinski definition) is 0. The zero-order valence-corrected chi connectivity index (χ0v) is 30.0. The highest BCUT2D eigenvalue weighted by molar-refractivity contribution is 6.11. The average Bonchev–Trinajstić information content (AvgIpc) is 3.61. The molecule has 0 radical (unpaired) electrons. The topological polar surface area (TPSA) is 30.7 Å². The van der Waals surface area contributed by atoms with Gasteiger partial charge < -0.3 is 4.57 Å². The molecule has 0 atom stereocenters. The summed E-state index contributed by atoms with van der Waals surface area (Å²) in [4.78, 5) is 10.8. The molecule has 3 nitrogen and oxygen atoms in total. The van der Waals surface area contributed by atoms with Crippen molar-refractivity contribution in [3.05, 3.63) is 212 Å². The van der Waals surface area contributed by atoms with Crippen LogP contribution in [0.5, 0.6) is 0 Å². The van der Waals surface area contributed by atoms with Gasteiger partial charge in [-0.05, 0) is 80.9 Å². The predicted octanol–water partition coefficient (Wildman–Crippen LogP) is 13.6. The Bertz CT molecular complexity index is 2950. The van der Waals surface area contributed by atoms with Crippen molar-refractivity contribution < 1.29 is 0 Å². The highest BCUT2D eigenvalue weighted by atomic mass is 15.0. The summed E-state index contributed by atoms with van der Waals surface area (Å²) < 4.78 is 2.31. The first-order valence-corrected chi connectivity index (χ1v) is 18.7. The van der Waals surface area contributed by atoms with Crippen molar-refractivity contribution in [2.75, 3.05) is 0 Å². The Morgan fingerprint density at radius 2 is 0.727 bits per heavy atom. The van der Waals surface area contributed by atoms with Crippen LogP contribution in [0.2, 0.25) is 0 Å². The van der Waals surface area contributed by atoms with E-state index in [4.69, 9.17) is 9.97 Å². The number of aromatic nitrogens is 3. The Morgan fingerprint density at radius 1 is 0.309 bits per heavy atom. The smallest absolute Gasteiger partial charge is 0.160 e. The van der Waals surface area contributed by atoms with Gasteiger partial charge >= 0.3 is 0 Å². The van der Waals surface area contributed by atoms with Gasteiger partial charge in [0, 0.05) is 22.2 Å². The summed E-state index contributed by atoms with van der Waals surface area (Å²) in [7, 11) is 0. The van der Waals surface area contributed by atoms with Gasteiger partial charge in [0.25, 0.3) is 0 Å². The molecule has 8 aromatic carbocycles. The fraction of sp³-hybridized carbons (Fsp3) is 0. The lowest BCUT2D eigenvalue weighted by atomic mass is 9.97. The molecule has 3 heteroatoms. The zero-order chi connectivity index (χ0) is 36.6. The summed E-state index contributed by atoms with van der Waals surface area (Å²) in [6.07, 6.45) is 0. The second-order valence-electron chi connectivity index (χ2n) is 13.8. The molecule has 2 aromatic heterocycles. The van der Waals surface area contributed by atoms with Gasteiger partial charge in [-0.1, -0.05) is 176 Å². The minimum atomic E-state index is 0.694. The van der Waals surface area contributed by atoms with Crippen molar-refractivity contribution >= 4 is 21.9 Å². The molecule has 2 heterocycles. The molecule has 10 rings (SSSR count). The lowest BCUT2D eigenvalue weighted by molar-refractivity contribution is 1.15. The van der Waals surface area contributed by atoms with Gasteiger partial charge in [0.05, 0.1) is 16.7 Å². The van der Waals surface area contributed by atoms with Gasteiger partial charge in [0.1, 0.15) is 5.52 Å². The maximum Gasteiger partial charge on any atom is 0.160 e. The number of hydrogen-bond acceptors (Lipinski definition) is 2. The highest BCUT2D eigenvalue weighted by Gasteiger charge is 2.21. The van der Waals surface area contributed by atoms with E-state index < -0.39 is 0 Å². The van der Waals surface area contributed by atoms with Crippen molar-refractivity contribution in [2.45, 2.75) is 0 Å². The van der Waals surface area contributed by atoms with Crippen LogP contribution >= 0.6 is 0 Å². The monoisotopic (exact) mass is 701 g/mol. The third kappa shape index (κ3) is 6.08. The molecule has 55 heavy (non-hydrogen) atoms. The van der Waals surface area contributed by atoms with E-state index in [2.05, 4.69) is 217 Å². The number of para-hydroxylation sites is 2. The molecule has 0 saturated carbocycles. The number of benzene rings is 8. The first-order valence-electron chi connectivity index (χ1n) is 18.7. The van der Waals surface area contributed by atoms with Crippen LogP contribution in [0, 0.1) is 0 Å². The molecule has 0 aliphatic heterocycles. The fourth-order valence-electron chi connectivity index (χ4n) is 7.70. The van der Waals surface area contributed by atoms with Crippen LogP contribution in [0.15, 0.2) is 212 Å². The number of rotatable bonds is 7. The number of nitrogens with zero attached hydrogens (tertiary/aromatic N) is 3. The van der Waals surface area contributed by atoms with E-state index in [9.17, 15) is 0 Å². The van der Waals surface area contributed by atoms with Crippen molar-refractivity contribution in [3.63, 3.8) is 0 Å². The highest BCUT2D eigenvalue weighted by Crippen LogP contribution is 2.39. The Balaban J connectivity index is 1.14. The van der Waals surface area contributed by atoms with Crippen LogP contribution in [0.4, 0.5) is 0 Å². The van der Waals surface area contributed by atoms with Gasteiger partial charge in [-0.25, -0.2) is 9.97 Å². The summed E-state index contributed by atoms with van der Waals surface area (Å²) in [6, 6.07) is 75.1. The summed E-state index contributed by atoms with van der Waals surface area (Å²) in [5.41, 5.74) is 16.4. The number of fused-ring (bicyclic) bond motifs is 3. The molecule has 0 unspecified atom stereocenters. The molecular formula is C52H35N3. The summed E-state index contributed by atoms with van der Waals surface area (Å²) in [6.45, 7) is 0. The molecule has 0 N–H and O–H groups in total. The van der Waals surface area contributed by atoms with E-state index in [1.54, 1.807) is 0 Å². The Morgan fingerprint density at radius 3 is 1.31 bits per heavy atom. The lowest BCUT2D eigenvalue weighted by Crippen LogP contribution is -2.00. The summed E-state index contributed by atoms with van der Waals surface area (Å²) >= 11 is 0. The molecule has 0 aliphatic rings. The largest absolute Gasteiger partial charge is 0.306 e. The van der Waals surface area contributed by atoms with Gasteiger partial charge in [-0.3, -0.25) is 0 Å². The van der Waals surface area contributed by atoms with Gasteiger partial charge in [-0.15, -0.1) is 0 Å². The van der Waals surface area contributed by atoms with E-state index in [-0.39, 0.29) is 0 Å². The van der Waals surface area contributed by atoms with Crippen LogP contribution in [-0.2, 0) is 0 Å². The first-order chi connectivity index (χ1) is 27.3. The zero-order valence-electron chi connectivity index (χ0n) is 30.0. The van der Waals surface area contributed by atoms with Crippen molar-refractivity contribution in [3.8, 4) is 72.8 Å². The molecule has 258 valence electrons. The van der Waals surface area contributed by atoms with Crippen molar-refractivity contribution in [2.24, 2.45) is 0 Å². The summed E-state index contributed by atoms with van der Waals surface area (Å²) in [5, 5.41) is 1.09. The molecule has 0 bridgehead atoms. The Labute approximate surface area is 320 Å². The molecule has 0 fully saturated rings. The quantitative estimate of drug-likeness (QED) is 0.166. The second kappa shape index (κ2) is 13.9. The van der Waals surface area contributed by atoms with Crippen molar-refractivity contribution in [1.82, 2.24) is 14.5 Å². The third-order valence-electron chi connectivity index (χ3n) is 10.4. The van der Waals surface area contributed by atoms with E-state index in [1.807, 2.05) is 0 Å². The standard InChI is InChI=1S/C52H35N3/c1-4-15-36(16-5-1)40-19-12-21-42(33-40)38-29-31-39(32-30-38)49-51-50(47-27-10-11-28-48(47)55(51)46-25-8-3-9-26-46)54-52(53-49)45-24-14-23-44(35-45)43-22-13-20-41(34-43)37-17-6-2-7-18-37/h1-35H. The van der Waals surface area contributed by atoms with Gasteiger partial charge in [0.15, 0.2) is 5.82 Å². The third-order valence-corrected chi connectivity index (χ3v) is 10.4. The lowest BCUT2D eigenvalue weighted by Gasteiger charge is -2.13. The van der Waals surface area contributed by atoms with E-state index in [0.717, 1.165) is 61.1 Å². The van der Waals surface area contributed by atoms with E-state index >= 15 is 0 Å². The van der Waals surface area contributed by atoms with Crippen molar-refractivity contribution in [1.29, 1.82) is 0 Å². The van der Waals surface area contributed by atoms with Crippen LogP contribution in [0.25, 0.3) is 94.8 Å². The average molecular weight is 702 g/mol. The predicted molar refractivity (Wildman–Crippen MR) is 229 cm³/mol. The molecule has 0 saturated heterocycles. The van der Waals surface area contributed by atoms with Crippen LogP contribution in [0.3, 0.4) is 0 Å². The Hall–Kier alpha value is -7.36. The van der Waals surface area contributed by atoms with Gasteiger partial charge in [0.2, 0.25) is 0 Å². The SMILES string of the molecule is c1ccc(-c2cccc(-c3ccc(-c4nc(-c5cccc(-c6cccc(-c7ccccc7)c6)c5)nc5c6ccccc6n(-c6ccccc6)c45)cc3)c2)cc1. The van der Waals surface area contributed by atoms with Crippen LogP contribution in [-0.4, -0.2) is 14.5 Å². The normalized spacial score (nSPS) is 11.3. The molecular weight excluding hydrogens is 667 g/mol. The molecule has 0 aliphatic carbocycles. The fourth-order valence-corrected chi connectivity index (χ4v) is 7.70. The maximum atomic E-state index is 5.45. The summed E-state index contributed by atoms with van der Waals surface area (Å²) in [5.74, 6) is 0.694. The first kappa shape index (κ1) is 32.3. The Kier molecular flexibility index (Phi) is 8.16. The minimum Gasteiger partial charge on any atom is -0.306 e. The van der Waals surface area contributed by atoms with Crippen LogP contribution in [0.1, 0.15) is 0 Å². The maximum absolute atomic E-state index is 5.45.